The van der Waals surface area contributed by atoms with Crippen LogP contribution in [0.2, 0.25) is 5.02 Å². The summed E-state index contributed by atoms with van der Waals surface area (Å²) in [5.41, 5.74) is 4.25. The van der Waals surface area contributed by atoms with Crippen LogP contribution in [0.4, 0.5) is 5.69 Å². The number of benzene rings is 2. The summed E-state index contributed by atoms with van der Waals surface area (Å²) in [6.45, 7) is 5.42. The van der Waals surface area contributed by atoms with Crippen LogP contribution >= 0.6 is 11.6 Å². The van der Waals surface area contributed by atoms with Crippen molar-refractivity contribution in [3.8, 4) is 0 Å². The molecule has 0 spiro atoms. The lowest BCUT2D eigenvalue weighted by atomic mass is 10.1. The molecule has 0 aliphatic carbocycles. The lowest BCUT2D eigenvalue weighted by Gasteiger charge is -2.09. The van der Waals surface area contributed by atoms with Gasteiger partial charge in [0.1, 0.15) is 0 Å². The Morgan fingerprint density at radius 1 is 1.09 bits per heavy atom. The monoisotopic (exact) mass is 316 g/mol. The molecule has 2 aromatic carbocycles. The number of halogens is 1. The highest BCUT2D eigenvalue weighted by Gasteiger charge is 2.05. The molecule has 1 amide bonds. The van der Waals surface area contributed by atoms with Crippen molar-refractivity contribution in [1.82, 2.24) is 5.32 Å². The maximum absolute atomic E-state index is 11.9. The number of rotatable bonds is 6. The van der Waals surface area contributed by atoms with Crippen molar-refractivity contribution in [1.29, 1.82) is 0 Å². The van der Waals surface area contributed by atoms with Gasteiger partial charge in [-0.15, -0.1) is 0 Å². The molecule has 0 atom stereocenters. The quantitative estimate of drug-likeness (QED) is 0.789. The molecule has 0 aliphatic heterocycles. The lowest BCUT2D eigenvalue weighted by molar-refractivity contribution is -0.116. The molecule has 0 fully saturated rings. The molecule has 2 aromatic rings. The highest BCUT2D eigenvalue weighted by Crippen LogP contribution is 2.20. The van der Waals surface area contributed by atoms with Crippen molar-refractivity contribution in [2.24, 2.45) is 0 Å². The number of anilines is 1. The van der Waals surface area contributed by atoms with Crippen molar-refractivity contribution < 1.29 is 4.79 Å². The van der Waals surface area contributed by atoms with Gasteiger partial charge < -0.3 is 10.6 Å². The Morgan fingerprint density at radius 2 is 1.82 bits per heavy atom. The van der Waals surface area contributed by atoms with E-state index in [1.165, 1.54) is 11.1 Å². The van der Waals surface area contributed by atoms with Crippen LogP contribution in [-0.4, -0.2) is 12.5 Å². The molecule has 0 saturated carbocycles. The first-order chi connectivity index (χ1) is 10.5. The normalized spacial score (nSPS) is 10.5. The Kier molecular flexibility index (Phi) is 5.99. The van der Waals surface area contributed by atoms with Gasteiger partial charge >= 0.3 is 0 Å². The average Bonchev–Trinajstić information content (AvgIpc) is 2.49. The molecule has 2 N–H and O–H groups in total. The lowest BCUT2D eigenvalue weighted by Crippen LogP contribution is -2.21. The van der Waals surface area contributed by atoms with Gasteiger partial charge in [0, 0.05) is 30.2 Å². The maximum Gasteiger partial charge on any atom is 0.225 e. The summed E-state index contributed by atoms with van der Waals surface area (Å²) in [5.74, 6) is -0.0122. The van der Waals surface area contributed by atoms with Gasteiger partial charge in [0.2, 0.25) is 5.91 Å². The molecule has 2 rings (SSSR count). The minimum absolute atomic E-state index is 0.0122. The fourth-order valence-electron chi connectivity index (χ4n) is 2.08. The minimum atomic E-state index is -0.0122. The Morgan fingerprint density at radius 3 is 2.55 bits per heavy atom. The molecule has 4 heteroatoms. The van der Waals surface area contributed by atoms with Gasteiger partial charge in [-0.2, -0.15) is 0 Å². The van der Waals surface area contributed by atoms with Crippen molar-refractivity contribution in [3.63, 3.8) is 0 Å². The second-order valence-corrected chi connectivity index (χ2v) is 5.86. The molecule has 116 valence electrons. The van der Waals surface area contributed by atoms with Crippen molar-refractivity contribution in [2.75, 3.05) is 11.9 Å². The standard InChI is InChI=1S/C18H21ClN2O/c1-13-3-6-15(7-4-13)12-20-10-9-18(22)21-17-11-16(19)8-5-14(17)2/h3-8,11,20H,9-10,12H2,1-2H3,(H,21,22). The van der Waals surface area contributed by atoms with Crippen LogP contribution in [0.25, 0.3) is 0 Å². The Balaban J connectivity index is 1.74. The predicted molar refractivity (Wildman–Crippen MR) is 92.3 cm³/mol. The van der Waals surface area contributed by atoms with Crippen LogP contribution in [0, 0.1) is 13.8 Å². The summed E-state index contributed by atoms with van der Waals surface area (Å²) in [6, 6.07) is 13.9. The number of aryl methyl sites for hydroxylation is 2. The van der Waals surface area contributed by atoms with E-state index in [4.69, 9.17) is 11.6 Å². The Bertz CT molecular complexity index is 638. The smallest absolute Gasteiger partial charge is 0.225 e. The second kappa shape index (κ2) is 7.97. The molecule has 0 radical (unpaired) electrons. The van der Waals surface area contributed by atoms with E-state index < -0.39 is 0 Å². The molecule has 3 nitrogen and oxygen atoms in total. The van der Waals surface area contributed by atoms with Crippen LogP contribution < -0.4 is 10.6 Å². The third kappa shape index (κ3) is 5.17. The van der Waals surface area contributed by atoms with Crippen LogP contribution in [0.1, 0.15) is 23.1 Å². The van der Waals surface area contributed by atoms with E-state index in [-0.39, 0.29) is 5.91 Å². The van der Waals surface area contributed by atoms with Crippen LogP contribution in [0.3, 0.4) is 0 Å². The first-order valence-electron chi connectivity index (χ1n) is 7.37. The van der Waals surface area contributed by atoms with Crippen molar-refractivity contribution in [3.05, 3.63) is 64.2 Å². The second-order valence-electron chi connectivity index (χ2n) is 5.42. The van der Waals surface area contributed by atoms with E-state index in [9.17, 15) is 4.79 Å². The molecule has 0 aromatic heterocycles. The number of carbonyl (C=O) groups excluding carboxylic acids is 1. The Labute approximate surface area is 136 Å². The number of amides is 1. The molecule has 0 aliphatic rings. The minimum Gasteiger partial charge on any atom is -0.326 e. The van der Waals surface area contributed by atoms with E-state index in [0.29, 0.717) is 18.0 Å². The third-order valence-electron chi connectivity index (χ3n) is 3.45. The third-order valence-corrected chi connectivity index (χ3v) is 3.69. The molecular weight excluding hydrogens is 296 g/mol. The first-order valence-corrected chi connectivity index (χ1v) is 7.74. The number of hydrogen-bond acceptors (Lipinski definition) is 2. The van der Waals surface area contributed by atoms with Gasteiger partial charge in [-0.3, -0.25) is 4.79 Å². The molecule has 0 bridgehead atoms. The molecule has 0 heterocycles. The fourth-order valence-corrected chi connectivity index (χ4v) is 2.25. The van der Waals surface area contributed by atoms with Gasteiger partial charge in [0.05, 0.1) is 0 Å². The van der Waals surface area contributed by atoms with Crippen molar-refractivity contribution in [2.45, 2.75) is 26.8 Å². The van der Waals surface area contributed by atoms with Gasteiger partial charge in [0.25, 0.3) is 0 Å². The largest absolute Gasteiger partial charge is 0.326 e. The molecular formula is C18H21ClN2O. The number of carbonyl (C=O) groups is 1. The topological polar surface area (TPSA) is 41.1 Å². The Hall–Kier alpha value is -1.84. The fraction of sp³-hybridized carbons (Fsp3) is 0.278. The van der Waals surface area contributed by atoms with E-state index in [1.54, 1.807) is 6.07 Å². The summed E-state index contributed by atoms with van der Waals surface area (Å²) >= 11 is 5.94. The van der Waals surface area contributed by atoms with E-state index >= 15 is 0 Å². The highest BCUT2D eigenvalue weighted by molar-refractivity contribution is 6.31. The summed E-state index contributed by atoms with van der Waals surface area (Å²) in [5, 5.41) is 6.79. The average molecular weight is 317 g/mol. The number of hydrogen-bond donors (Lipinski definition) is 2. The molecule has 0 unspecified atom stereocenters. The van der Waals surface area contributed by atoms with Gasteiger partial charge in [-0.05, 0) is 37.1 Å². The number of nitrogens with one attached hydrogen (secondary N) is 2. The van der Waals surface area contributed by atoms with Gasteiger partial charge in [-0.25, -0.2) is 0 Å². The summed E-state index contributed by atoms with van der Waals surface area (Å²) in [7, 11) is 0. The highest BCUT2D eigenvalue weighted by atomic mass is 35.5. The zero-order valence-corrected chi connectivity index (χ0v) is 13.7. The van der Waals surface area contributed by atoms with Crippen LogP contribution in [0.5, 0.6) is 0 Å². The molecule has 22 heavy (non-hydrogen) atoms. The first kappa shape index (κ1) is 16.5. The van der Waals surface area contributed by atoms with Crippen molar-refractivity contribution >= 4 is 23.2 Å². The van der Waals surface area contributed by atoms with E-state index in [1.807, 2.05) is 19.1 Å². The summed E-state index contributed by atoms with van der Waals surface area (Å²) in [6.07, 6.45) is 0.428. The zero-order valence-electron chi connectivity index (χ0n) is 12.9. The molecule has 0 saturated heterocycles. The zero-order chi connectivity index (χ0) is 15.9. The van der Waals surface area contributed by atoms with Crippen LogP contribution in [-0.2, 0) is 11.3 Å². The van der Waals surface area contributed by atoms with E-state index in [2.05, 4.69) is 41.8 Å². The maximum atomic E-state index is 11.9. The summed E-state index contributed by atoms with van der Waals surface area (Å²) < 4.78 is 0. The van der Waals surface area contributed by atoms with Gasteiger partial charge in [-0.1, -0.05) is 47.5 Å². The SMILES string of the molecule is Cc1ccc(CNCCC(=O)Nc2cc(Cl)ccc2C)cc1. The predicted octanol–water partition coefficient (Wildman–Crippen LogP) is 4.08. The van der Waals surface area contributed by atoms with E-state index in [0.717, 1.165) is 17.8 Å². The van der Waals surface area contributed by atoms with Gasteiger partial charge in [0.15, 0.2) is 0 Å². The summed E-state index contributed by atoms with van der Waals surface area (Å²) in [4.78, 5) is 11.9. The van der Waals surface area contributed by atoms with Crippen LogP contribution in [0.15, 0.2) is 42.5 Å².